The highest BCUT2D eigenvalue weighted by Crippen LogP contribution is 2.26. The van der Waals surface area contributed by atoms with Crippen LogP contribution in [-0.2, 0) is 18.3 Å². The molecule has 0 aliphatic carbocycles. The van der Waals surface area contributed by atoms with E-state index in [9.17, 15) is 14.0 Å². The first-order valence-electron chi connectivity index (χ1n) is 15.4. The maximum atomic E-state index is 13.4. The number of likely N-dealkylation sites (tertiary alicyclic amines) is 2. The van der Waals surface area contributed by atoms with Crippen LogP contribution in [0.15, 0.2) is 42.5 Å². The van der Waals surface area contributed by atoms with E-state index < -0.39 is 0 Å². The van der Waals surface area contributed by atoms with Gasteiger partial charge >= 0.3 is 6.03 Å². The Labute approximate surface area is 258 Å². The Morgan fingerprint density at radius 3 is 2.59 bits per heavy atom. The summed E-state index contributed by atoms with van der Waals surface area (Å²) in [4.78, 5) is 32.7. The molecule has 12 heteroatoms. The van der Waals surface area contributed by atoms with Crippen LogP contribution in [0.25, 0.3) is 11.4 Å². The summed E-state index contributed by atoms with van der Waals surface area (Å²) in [6.07, 6.45) is 3.84. The molecule has 11 nitrogen and oxygen atoms in total. The van der Waals surface area contributed by atoms with E-state index in [0.717, 1.165) is 55.6 Å². The second-order valence-electron chi connectivity index (χ2n) is 12.6. The number of nitrogens with zero attached hydrogens (tertiary/aromatic N) is 7. The minimum Gasteiger partial charge on any atom is -0.341 e. The molecule has 3 aromatic rings. The summed E-state index contributed by atoms with van der Waals surface area (Å²) < 4.78 is 15.0. The highest BCUT2D eigenvalue weighted by Gasteiger charge is 2.35. The predicted octanol–water partition coefficient (Wildman–Crippen LogP) is 3.18. The quantitative estimate of drug-likeness (QED) is 0.386. The Bertz CT molecular complexity index is 1430. The van der Waals surface area contributed by atoms with E-state index >= 15 is 0 Å². The van der Waals surface area contributed by atoms with Crippen molar-refractivity contribution in [1.82, 2.24) is 40.2 Å². The van der Waals surface area contributed by atoms with Crippen molar-refractivity contribution >= 4 is 17.6 Å². The number of aryl methyl sites for hydroxylation is 2. The molecule has 236 valence electrons. The third kappa shape index (κ3) is 8.38. The van der Waals surface area contributed by atoms with Gasteiger partial charge in [-0.3, -0.25) is 4.79 Å². The van der Waals surface area contributed by atoms with Crippen LogP contribution in [0.2, 0.25) is 0 Å². The smallest absolute Gasteiger partial charge is 0.319 e. The van der Waals surface area contributed by atoms with Crippen LogP contribution in [0.4, 0.5) is 14.9 Å². The lowest BCUT2D eigenvalue weighted by atomic mass is 9.88. The fourth-order valence-corrected chi connectivity index (χ4v) is 6.57. The molecule has 2 N–H and O–H groups in total. The molecule has 0 radical (unpaired) electrons. The molecule has 5 rings (SSSR count). The first-order valence-corrected chi connectivity index (χ1v) is 15.4. The molecule has 2 aliphatic heterocycles. The van der Waals surface area contributed by atoms with Crippen LogP contribution >= 0.6 is 0 Å². The molecular weight excluding hydrogens is 561 g/mol. The third-order valence-electron chi connectivity index (χ3n) is 8.60. The Morgan fingerprint density at radius 2 is 1.86 bits per heavy atom. The maximum Gasteiger partial charge on any atom is 0.319 e. The average Bonchev–Trinajstić information content (AvgIpc) is 3.40. The van der Waals surface area contributed by atoms with Crippen LogP contribution < -0.4 is 10.6 Å². The number of halogens is 1. The molecular formula is C32H44FN9O2. The lowest BCUT2D eigenvalue weighted by Crippen LogP contribution is -2.57. The summed E-state index contributed by atoms with van der Waals surface area (Å²) in [6, 6.07) is 12.2. The summed E-state index contributed by atoms with van der Waals surface area (Å²) >= 11 is 0. The molecule has 2 fully saturated rings. The number of carbonyl (C=O) groups is 2. The fourth-order valence-electron chi connectivity index (χ4n) is 6.57. The normalized spacial score (nSPS) is 21.0. The van der Waals surface area contributed by atoms with E-state index in [1.54, 1.807) is 11.7 Å². The number of piperidine rings is 2. The largest absolute Gasteiger partial charge is 0.341 e. The second-order valence-corrected chi connectivity index (χ2v) is 12.6. The van der Waals surface area contributed by atoms with Gasteiger partial charge in [0.15, 0.2) is 5.82 Å². The Balaban J connectivity index is 1.25. The molecule has 3 atom stereocenters. The van der Waals surface area contributed by atoms with Gasteiger partial charge < -0.3 is 25.3 Å². The zero-order chi connectivity index (χ0) is 31.2. The predicted molar refractivity (Wildman–Crippen MR) is 167 cm³/mol. The van der Waals surface area contributed by atoms with E-state index in [-0.39, 0.29) is 29.7 Å². The summed E-state index contributed by atoms with van der Waals surface area (Å²) in [6.45, 7) is 6.27. The number of urea groups is 1. The molecule has 44 heavy (non-hydrogen) atoms. The first kappa shape index (κ1) is 31.5. The van der Waals surface area contributed by atoms with Gasteiger partial charge in [0, 0.05) is 56.4 Å². The van der Waals surface area contributed by atoms with Crippen LogP contribution in [0.3, 0.4) is 0 Å². The van der Waals surface area contributed by atoms with Gasteiger partial charge in [-0.2, -0.15) is 0 Å². The van der Waals surface area contributed by atoms with Gasteiger partial charge in [-0.1, -0.05) is 12.1 Å². The first-order chi connectivity index (χ1) is 21.1. The number of rotatable bonds is 9. The second kappa shape index (κ2) is 14.3. The van der Waals surface area contributed by atoms with Crippen molar-refractivity contribution < 1.29 is 14.0 Å². The van der Waals surface area contributed by atoms with Crippen molar-refractivity contribution in [2.75, 3.05) is 58.7 Å². The van der Waals surface area contributed by atoms with Gasteiger partial charge in [-0.05, 0) is 111 Å². The Kier molecular flexibility index (Phi) is 10.2. The Morgan fingerprint density at radius 1 is 1.07 bits per heavy atom. The van der Waals surface area contributed by atoms with E-state index in [0.29, 0.717) is 43.5 Å². The van der Waals surface area contributed by atoms with Crippen LogP contribution in [0, 0.1) is 24.6 Å². The molecule has 3 amide bonds. The lowest BCUT2D eigenvalue weighted by Gasteiger charge is -2.43. The molecule has 0 saturated carbocycles. The van der Waals surface area contributed by atoms with Gasteiger partial charge in [0.1, 0.15) is 5.82 Å². The molecule has 0 bridgehead atoms. The van der Waals surface area contributed by atoms with Crippen molar-refractivity contribution in [3.8, 4) is 11.4 Å². The van der Waals surface area contributed by atoms with Gasteiger partial charge in [-0.25, -0.2) is 13.9 Å². The highest BCUT2D eigenvalue weighted by molar-refractivity contribution is 5.90. The van der Waals surface area contributed by atoms with Crippen molar-refractivity contribution in [3.05, 3.63) is 59.4 Å². The van der Waals surface area contributed by atoms with Crippen molar-refractivity contribution in [3.63, 3.8) is 0 Å². The SMILES string of the molecule is Cc1cc(NC(=O)N[C@@H]2CCN(C(=O)CN(C)C)C[C@H]2CN2CCCC(Cc3ccc(F)cc3)C2)cc(-c2nnnn2C)c1. The highest BCUT2D eigenvalue weighted by atomic mass is 19.1. The number of benzene rings is 2. The zero-order valence-electron chi connectivity index (χ0n) is 26.2. The molecule has 2 saturated heterocycles. The van der Waals surface area contributed by atoms with Crippen molar-refractivity contribution in [2.45, 2.75) is 38.6 Å². The summed E-state index contributed by atoms with van der Waals surface area (Å²) in [7, 11) is 5.59. The number of aromatic nitrogens is 4. The van der Waals surface area contributed by atoms with E-state index in [4.69, 9.17) is 0 Å². The fraction of sp³-hybridized carbons (Fsp3) is 0.531. The average molecular weight is 606 g/mol. The van der Waals surface area contributed by atoms with Gasteiger partial charge in [0.25, 0.3) is 0 Å². The van der Waals surface area contributed by atoms with E-state index in [1.165, 1.54) is 12.1 Å². The number of hydrogen-bond acceptors (Lipinski definition) is 7. The molecule has 2 aromatic carbocycles. The lowest BCUT2D eigenvalue weighted by molar-refractivity contribution is -0.134. The number of tetrazole rings is 1. The minimum atomic E-state index is -0.270. The van der Waals surface area contributed by atoms with Gasteiger partial charge in [-0.15, -0.1) is 5.10 Å². The van der Waals surface area contributed by atoms with Crippen molar-refractivity contribution in [2.24, 2.45) is 18.9 Å². The Hall–Kier alpha value is -3.90. The van der Waals surface area contributed by atoms with E-state index in [2.05, 4.69) is 31.1 Å². The number of anilines is 1. The van der Waals surface area contributed by atoms with Gasteiger partial charge in [0.05, 0.1) is 6.54 Å². The number of carbonyl (C=O) groups excluding carboxylic acids is 2. The van der Waals surface area contributed by atoms with Crippen molar-refractivity contribution in [1.29, 1.82) is 0 Å². The number of likely N-dealkylation sites (N-methyl/N-ethyl adjacent to an activating group) is 1. The minimum absolute atomic E-state index is 0.0805. The van der Waals surface area contributed by atoms with Crippen LogP contribution in [0.1, 0.15) is 30.4 Å². The molecule has 2 aliphatic rings. The monoisotopic (exact) mass is 605 g/mol. The summed E-state index contributed by atoms with van der Waals surface area (Å²) in [5.41, 5.74) is 3.61. The number of amides is 3. The van der Waals surface area contributed by atoms with Crippen LogP contribution in [-0.4, -0.2) is 106 Å². The third-order valence-corrected chi connectivity index (χ3v) is 8.60. The topological polar surface area (TPSA) is 112 Å². The molecule has 0 spiro atoms. The molecule has 1 aromatic heterocycles. The summed E-state index contributed by atoms with van der Waals surface area (Å²) in [5, 5.41) is 18.0. The van der Waals surface area contributed by atoms with Crippen LogP contribution in [0.5, 0.6) is 0 Å². The number of hydrogen-bond donors (Lipinski definition) is 2. The molecule has 1 unspecified atom stereocenters. The maximum absolute atomic E-state index is 13.4. The number of nitrogens with one attached hydrogen (secondary N) is 2. The van der Waals surface area contributed by atoms with Gasteiger partial charge in [0.2, 0.25) is 5.91 Å². The zero-order valence-corrected chi connectivity index (χ0v) is 26.2. The summed E-state index contributed by atoms with van der Waals surface area (Å²) in [5.74, 6) is 1.09. The standard InChI is InChI=1S/C32H44FN9O2/c1-22-14-25(31-36-37-38-40(31)4)17-28(15-22)34-32(44)35-29-11-13-42(30(43)21-39(2)3)20-26(29)19-41-12-5-6-24(18-41)16-23-7-9-27(33)10-8-23/h7-10,14-15,17,24,26,29H,5-6,11-13,16,18-21H2,1-4H3,(H2,34,35,44)/t24?,26-,29-/m1/s1. The molecule has 3 heterocycles. The van der Waals surface area contributed by atoms with E-state index in [1.807, 2.05) is 61.2 Å².